The standard InChI is InChI=1S/C12H15FN2O/c1-9-7-15(5-3-12(9)16)8-10-2-4-14-6-11(10)13/h2,4,6,9H,3,5,7-8H2,1H3/t9-/m1/s1. The van der Waals surface area contributed by atoms with Gasteiger partial charge in [-0.2, -0.15) is 0 Å². The van der Waals surface area contributed by atoms with Gasteiger partial charge in [0.1, 0.15) is 11.6 Å². The van der Waals surface area contributed by atoms with Crippen molar-refractivity contribution >= 4 is 5.78 Å². The first-order valence-corrected chi connectivity index (χ1v) is 5.50. The van der Waals surface area contributed by atoms with Crippen molar-refractivity contribution in [3.05, 3.63) is 29.8 Å². The van der Waals surface area contributed by atoms with E-state index >= 15 is 0 Å². The molecule has 3 nitrogen and oxygen atoms in total. The summed E-state index contributed by atoms with van der Waals surface area (Å²) in [5.74, 6) is 0.108. The zero-order valence-corrected chi connectivity index (χ0v) is 9.32. The van der Waals surface area contributed by atoms with Crippen LogP contribution in [0.5, 0.6) is 0 Å². The molecule has 1 aliphatic heterocycles. The van der Waals surface area contributed by atoms with Gasteiger partial charge in [0.05, 0.1) is 6.20 Å². The molecule has 0 amide bonds. The van der Waals surface area contributed by atoms with Gasteiger partial charge in [-0.3, -0.25) is 14.7 Å². The molecule has 2 rings (SSSR count). The molecule has 1 aromatic rings. The lowest BCUT2D eigenvalue weighted by Crippen LogP contribution is -2.39. The quantitative estimate of drug-likeness (QED) is 0.762. The van der Waals surface area contributed by atoms with Crippen LogP contribution in [-0.2, 0) is 11.3 Å². The van der Waals surface area contributed by atoms with E-state index < -0.39 is 0 Å². The Labute approximate surface area is 94.3 Å². The van der Waals surface area contributed by atoms with Gasteiger partial charge in [0.15, 0.2) is 0 Å². The molecular weight excluding hydrogens is 207 g/mol. The van der Waals surface area contributed by atoms with Crippen molar-refractivity contribution in [2.45, 2.75) is 19.9 Å². The van der Waals surface area contributed by atoms with Gasteiger partial charge < -0.3 is 0 Å². The number of rotatable bonds is 2. The highest BCUT2D eigenvalue weighted by Gasteiger charge is 2.23. The van der Waals surface area contributed by atoms with Crippen molar-refractivity contribution in [1.82, 2.24) is 9.88 Å². The normalized spacial score (nSPS) is 22.4. The monoisotopic (exact) mass is 222 g/mol. The number of carbonyl (C=O) groups is 1. The molecule has 0 unspecified atom stereocenters. The molecule has 86 valence electrons. The Balaban J connectivity index is 2.01. The van der Waals surface area contributed by atoms with Crippen LogP contribution in [-0.4, -0.2) is 28.8 Å². The summed E-state index contributed by atoms with van der Waals surface area (Å²) in [5.41, 5.74) is 0.650. The minimum Gasteiger partial charge on any atom is -0.299 e. The van der Waals surface area contributed by atoms with Crippen LogP contribution in [0.4, 0.5) is 4.39 Å². The lowest BCUT2D eigenvalue weighted by molar-refractivity contribution is -0.125. The van der Waals surface area contributed by atoms with E-state index in [2.05, 4.69) is 9.88 Å². The summed E-state index contributed by atoms with van der Waals surface area (Å²) in [7, 11) is 0. The number of Topliss-reactive ketones (excluding diaryl/α,β-unsaturated/α-hetero) is 1. The van der Waals surface area contributed by atoms with Crippen molar-refractivity contribution in [3.63, 3.8) is 0 Å². The topological polar surface area (TPSA) is 33.2 Å². The van der Waals surface area contributed by atoms with Gasteiger partial charge in [-0.15, -0.1) is 0 Å². The number of hydrogen-bond acceptors (Lipinski definition) is 3. The number of carbonyl (C=O) groups excluding carboxylic acids is 1. The molecule has 4 heteroatoms. The molecule has 16 heavy (non-hydrogen) atoms. The predicted octanol–water partition coefficient (Wildman–Crippen LogP) is 1.63. The molecular formula is C12H15FN2O. The summed E-state index contributed by atoms with van der Waals surface area (Å²) < 4.78 is 13.4. The smallest absolute Gasteiger partial charge is 0.145 e. The Morgan fingerprint density at radius 2 is 2.44 bits per heavy atom. The third kappa shape index (κ3) is 2.44. The second kappa shape index (κ2) is 4.70. The third-order valence-corrected chi connectivity index (χ3v) is 3.01. The van der Waals surface area contributed by atoms with E-state index in [9.17, 15) is 9.18 Å². The second-order valence-electron chi connectivity index (χ2n) is 4.32. The fourth-order valence-electron chi connectivity index (χ4n) is 2.01. The minimum atomic E-state index is -0.271. The van der Waals surface area contributed by atoms with Crippen molar-refractivity contribution in [2.24, 2.45) is 5.92 Å². The van der Waals surface area contributed by atoms with Gasteiger partial charge in [0.25, 0.3) is 0 Å². The van der Waals surface area contributed by atoms with E-state index in [0.717, 1.165) is 13.1 Å². The lowest BCUT2D eigenvalue weighted by Gasteiger charge is -2.29. The molecule has 1 aromatic heterocycles. The van der Waals surface area contributed by atoms with Gasteiger partial charge in [-0.25, -0.2) is 4.39 Å². The van der Waals surface area contributed by atoms with Crippen LogP contribution < -0.4 is 0 Å². The molecule has 0 radical (unpaired) electrons. The maximum atomic E-state index is 13.4. The molecule has 0 N–H and O–H groups in total. The highest BCUT2D eigenvalue weighted by Crippen LogP contribution is 2.16. The molecule has 1 atom stereocenters. The van der Waals surface area contributed by atoms with Gasteiger partial charge >= 0.3 is 0 Å². The SMILES string of the molecule is C[C@@H]1CN(Cc2ccncc2F)CCC1=O. The van der Waals surface area contributed by atoms with Crippen LogP contribution in [0, 0.1) is 11.7 Å². The maximum absolute atomic E-state index is 13.4. The minimum absolute atomic E-state index is 0.0682. The Morgan fingerprint density at radius 3 is 3.12 bits per heavy atom. The first-order chi connectivity index (χ1) is 7.66. The first kappa shape index (κ1) is 11.2. The van der Waals surface area contributed by atoms with Crippen LogP contribution in [0.2, 0.25) is 0 Å². The van der Waals surface area contributed by atoms with Gasteiger partial charge in [-0.1, -0.05) is 6.92 Å². The van der Waals surface area contributed by atoms with Crippen LogP contribution in [0.3, 0.4) is 0 Å². The maximum Gasteiger partial charge on any atom is 0.145 e. The van der Waals surface area contributed by atoms with Gasteiger partial charge in [0, 0.05) is 43.7 Å². The van der Waals surface area contributed by atoms with E-state index in [1.165, 1.54) is 6.20 Å². The number of aromatic nitrogens is 1. The zero-order chi connectivity index (χ0) is 11.5. The van der Waals surface area contributed by atoms with E-state index in [0.29, 0.717) is 24.3 Å². The molecule has 1 saturated heterocycles. The van der Waals surface area contributed by atoms with Crippen molar-refractivity contribution < 1.29 is 9.18 Å². The van der Waals surface area contributed by atoms with E-state index in [1.54, 1.807) is 12.3 Å². The fourth-order valence-corrected chi connectivity index (χ4v) is 2.01. The number of likely N-dealkylation sites (tertiary alicyclic amines) is 1. The predicted molar refractivity (Wildman–Crippen MR) is 58.3 cm³/mol. The number of piperidine rings is 1. The molecule has 0 bridgehead atoms. The molecule has 0 spiro atoms. The molecule has 0 aromatic carbocycles. The zero-order valence-electron chi connectivity index (χ0n) is 9.32. The summed E-state index contributed by atoms with van der Waals surface area (Å²) in [5, 5.41) is 0. The summed E-state index contributed by atoms with van der Waals surface area (Å²) in [6.45, 7) is 3.94. The van der Waals surface area contributed by atoms with E-state index in [-0.39, 0.29) is 11.7 Å². The van der Waals surface area contributed by atoms with Crippen molar-refractivity contribution in [3.8, 4) is 0 Å². The highest BCUT2D eigenvalue weighted by molar-refractivity contribution is 5.81. The van der Waals surface area contributed by atoms with Crippen LogP contribution >= 0.6 is 0 Å². The summed E-state index contributed by atoms with van der Waals surface area (Å²) >= 11 is 0. The number of halogens is 1. The van der Waals surface area contributed by atoms with Crippen LogP contribution in [0.1, 0.15) is 18.9 Å². The molecule has 1 aliphatic rings. The Hall–Kier alpha value is -1.29. The average molecular weight is 222 g/mol. The average Bonchev–Trinajstić information content (AvgIpc) is 2.27. The Kier molecular flexibility index (Phi) is 3.29. The number of nitrogens with zero attached hydrogens (tertiary/aromatic N) is 2. The number of hydrogen-bond donors (Lipinski definition) is 0. The highest BCUT2D eigenvalue weighted by atomic mass is 19.1. The van der Waals surface area contributed by atoms with E-state index in [1.807, 2.05) is 6.92 Å². The summed E-state index contributed by atoms with van der Waals surface area (Å²) in [6.07, 6.45) is 3.40. The van der Waals surface area contributed by atoms with Crippen molar-refractivity contribution in [1.29, 1.82) is 0 Å². The number of pyridine rings is 1. The molecule has 1 fully saturated rings. The van der Waals surface area contributed by atoms with Gasteiger partial charge in [-0.05, 0) is 6.07 Å². The number of ketones is 1. The third-order valence-electron chi connectivity index (χ3n) is 3.01. The Bertz CT molecular complexity index is 394. The van der Waals surface area contributed by atoms with Crippen LogP contribution in [0.15, 0.2) is 18.5 Å². The molecule has 0 aliphatic carbocycles. The lowest BCUT2D eigenvalue weighted by atomic mass is 9.98. The fraction of sp³-hybridized carbons (Fsp3) is 0.500. The molecule has 2 heterocycles. The van der Waals surface area contributed by atoms with Gasteiger partial charge in [0.2, 0.25) is 0 Å². The van der Waals surface area contributed by atoms with E-state index in [4.69, 9.17) is 0 Å². The summed E-state index contributed by atoms with van der Waals surface area (Å²) in [4.78, 5) is 17.2. The Morgan fingerprint density at radius 1 is 1.62 bits per heavy atom. The second-order valence-corrected chi connectivity index (χ2v) is 4.32. The van der Waals surface area contributed by atoms with Crippen LogP contribution in [0.25, 0.3) is 0 Å². The van der Waals surface area contributed by atoms with Crippen molar-refractivity contribution in [2.75, 3.05) is 13.1 Å². The largest absolute Gasteiger partial charge is 0.299 e. The summed E-state index contributed by atoms with van der Waals surface area (Å²) in [6, 6.07) is 1.69. The first-order valence-electron chi connectivity index (χ1n) is 5.50. The molecule has 0 saturated carbocycles.